The average molecular weight is 391 g/mol. The van der Waals surface area contributed by atoms with Crippen LogP contribution < -0.4 is 4.57 Å². The van der Waals surface area contributed by atoms with Crippen LogP contribution in [0.5, 0.6) is 0 Å². The minimum atomic E-state index is 0.994. The molecule has 1 aromatic heterocycles. The van der Waals surface area contributed by atoms with Crippen LogP contribution in [0.3, 0.4) is 0 Å². The van der Waals surface area contributed by atoms with Crippen LogP contribution >= 0.6 is 0 Å². The van der Waals surface area contributed by atoms with Crippen molar-refractivity contribution in [2.45, 2.75) is 34.1 Å². The first-order valence-corrected chi connectivity index (χ1v) is 10.7. The van der Waals surface area contributed by atoms with Gasteiger partial charge in [0.2, 0.25) is 5.69 Å². The Morgan fingerprint density at radius 3 is 2.10 bits per heavy atom. The van der Waals surface area contributed by atoms with Gasteiger partial charge in [-0.1, -0.05) is 48.5 Å². The third kappa shape index (κ3) is 2.81. The van der Waals surface area contributed by atoms with Crippen LogP contribution in [0, 0.1) is 27.7 Å². The molecule has 0 aliphatic heterocycles. The van der Waals surface area contributed by atoms with Crippen molar-refractivity contribution in [2.75, 3.05) is 0 Å². The number of hydrogen-bond acceptors (Lipinski definition) is 0. The molecule has 0 saturated heterocycles. The standard InChI is InChI=1S/C29H28N/c1-18-10-6-8-12-23(18)25-14-20(3)28(27-15-19(2)21(4)17-30(27)5)26-16-22-11-7-9-13-24(22)29(25)26/h6-15,17H,16H2,1-5H3/q+1. The average Bonchev–Trinajstić information content (AvgIpc) is 3.10. The van der Waals surface area contributed by atoms with Crippen molar-refractivity contribution in [3.63, 3.8) is 0 Å². The number of pyridine rings is 1. The fraction of sp³-hybridized carbons (Fsp3) is 0.207. The summed E-state index contributed by atoms with van der Waals surface area (Å²) in [6, 6.07) is 22.5. The normalized spacial score (nSPS) is 12.0. The van der Waals surface area contributed by atoms with Crippen LogP contribution in [0.4, 0.5) is 0 Å². The maximum Gasteiger partial charge on any atom is 0.213 e. The predicted octanol–water partition coefficient (Wildman–Crippen LogP) is 6.65. The molecule has 1 heterocycles. The van der Waals surface area contributed by atoms with E-state index in [1.54, 1.807) is 0 Å². The molecular weight excluding hydrogens is 362 g/mol. The molecule has 0 fully saturated rings. The van der Waals surface area contributed by atoms with Crippen LogP contribution in [-0.4, -0.2) is 0 Å². The van der Waals surface area contributed by atoms with E-state index in [0.717, 1.165) is 6.42 Å². The van der Waals surface area contributed by atoms with Gasteiger partial charge >= 0.3 is 0 Å². The number of aromatic nitrogens is 1. The molecule has 30 heavy (non-hydrogen) atoms. The Balaban J connectivity index is 1.88. The van der Waals surface area contributed by atoms with E-state index in [4.69, 9.17) is 0 Å². The molecule has 1 nitrogen and oxygen atoms in total. The molecule has 0 radical (unpaired) electrons. The molecule has 0 spiro atoms. The molecular formula is C29H28N+. The van der Waals surface area contributed by atoms with Gasteiger partial charge in [0.1, 0.15) is 7.05 Å². The Morgan fingerprint density at radius 1 is 0.633 bits per heavy atom. The van der Waals surface area contributed by atoms with Gasteiger partial charge in [-0.05, 0) is 90.3 Å². The van der Waals surface area contributed by atoms with E-state index in [9.17, 15) is 0 Å². The molecule has 3 aromatic carbocycles. The van der Waals surface area contributed by atoms with Crippen molar-refractivity contribution in [3.8, 4) is 33.5 Å². The van der Waals surface area contributed by atoms with E-state index in [0.29, 0.717) is 0 Å². The van der Waals surface area contributed by atoms with Crippen molar-refractivity contribution < 1.29 is 4.57 Å². The third-order valence-corrected chi connectivity index (χ3v) is 6.72. The second kappa shape index (κ2) is 6.95. The van der Waals surface area contributed by atoms with Crippen LogP contribution in [0.2, 0.25) is 0 Å². The highest BCUT2D eigenvalue weighted by molar-refractivity contribution is 5.96. The van der Waals surface area contributed by atoms with Crippen molar-refractivity contribution in [1.29, 1.82) is 0 Å². The summed E-state index contributed by atoms with van der Waals surface area (Å²) in [7, 11) is 2.17. The molecule has 1 aliphatic carbocycles. The number of rotatable bonds is 2. The fourth-order valence-electron chi connectivity index (χ4n) is 5.05. The first-order valence-electron chi connectivity index (χ1n) is 10.7. The zero-order chi connectivity index (χ0) is 21.0. The summed E-state index contributed by atoms with van der Waals surface area (Å²) in [4.78, 5) is 0. The van der Waals surface area contributed by atoms with Gasteiger partial charge in [0.05, 0.1) is 5.56 Å². The number of benzene rings is 3. The second-order valence-corrected chi connectivity index (χ2v) is 8.75. The van der Waals surface area contributed by atoms with Gasteiger partial charge < -0.3 is 0 Å². The molecule has 5 rings (SSSR count). The quantitative estimate of drug-likeness (QED) is 0.297. The van der Waals surface area contributed by atoms with Crippen molar-refractivity contribution >= 4 is 0 Å². The number of nitrogens with zero attached hydrogens (tertiary/aromatic N) is 1. The summed E-state index contributed by atoms with van der Waals surface area (Å²) < 4.78 is 2.29. The number of hydrogen-bond donors (Lipinski definition) is 0. The Hall–Kier alpha value is -3.19. The molecule has 0 amide bonds. The summed E-state index contributed by atoms with van der Waals surface area (Å²) >= 11 is 0. The highest BCUT2D eigenvalue weighted by atomic mass is 14.9. The molecule has 0 N–H and O–H groups in total. The maximum absolute atomic E-state index is 2.41. The Bertz CT molecular complexity index is 1310. The summed E-state index contributed by atoms with van der Waals surface area (Å²) in [6.07, 6.45) is 3.25. The van der Waals surface area contributed by atoms with E-state index in [1.165, 1.54) is 66.9 Å². The van der Waals surface area contributed by atoms with Gasteiger partial charge in [-0.25, -0.2) is 4.57 Å². The third-order valence-electron chi connectivity index (χ3n) is 6.72. The molecule has 0 unspecified atom stereocenters. The van der Waals surface area contributed by atoms with Crippen LogP contribution in [0.15, 0.2) is 66.9 Å². The summed E-state index contributed by atoms with van der Waals surface area (Å²) in [6.45, 7) is 8.89. The predicted molar refractivity (Wildman–Crippen MR) is 126 cm³/mol. The minimum Gasteiger partial charge on any atom is -0.201 e. The fourth-order valence-corrected chi connectivity index (χ4v) is 5.05. The first kappa shape index (κ1) is 18.8. The lowest BCUT2D eigenvalue weighted by molar-refractivity contribution is -0.660. The van der Waals surface area contributed by atoms with Gasteiger partial charge in [-0.3, -0.25) is 0 Å². The lowest BCUT2D eigenvalue weighted by atomic mass is 9.86. The van der Waals surface area contributed by atoms with Gasteiger partial charge in [0, 0.05) is 11.6 Å². The summed E-state index contributed by atoms with van der Waals surface area (Å²) in [5.74, 6) is 0. The Kier molecular flexibility index (Phi) is 4.36. The Labute approximate surface area is 179 Å². The zero-order valence-electron chi connectivity index (χ0n) is 18.5. The molecule has 148 valence electrons. The lowest BCUT2D eigenvalue weighted by Gasteiger charge is -2.18. The lowest BCUT2D eigenvalue weighted by Crippen LogP contribution is -2.32. The van der Waals surface area contributed by atoms with E-state index < -0.39 is 0 Å². The summed E-state index contributed by atoms with van der Waals surface area (Å²) in [5, 5.41) is 0. The highest BCUT2D eigenvalue weighted by Gasteiger charge is 2.29. The second-order valence-electron chi connectivity index (χ2n) is 8.75. The van der Waals surface area contributed by atoms with Gasteiger partial charge in [-0.2, -0.15) is 0 Å². The van der Waals surface area contributed by atoms with Crippen LogP contribution in [-0.2, 0) is 13.5 Å². The molecule has 1 heteroatoms. The highest BCUT2D eigenvalue weighted by Crippen LogP contribution is 2.48. The van der Waals surface area contributed by atoms with E-state index in [2.05, 4.69) is 106 Å². The van der Waals surface area contributed by atoms with E-state index in [1.807, 2.05) is 0 Å². The molecule has 0 atom stereocenters. The van der Waals surface area contributed by atoms with Gasteiger partial charge in [-0.15, -0.1) is 0 Å². The van der Waals surface area contributed by atoms with Crippen LogP contribution in [0.25, 0.3) is 33.5 Å². The molecule has 0 bridgehead atoms. The van der Waals surface area contributed by atoms with Crippen molar-refractivity contribution in [2.24, 2.45) is 7.05 Å². The van der Waals surface area contributed by atoms with Crippen molar-refractivity contribution in [1.82, 2.24) is 0 Å². The number of fused-ring (bicyclic) bond motifs is 3. The van der Waals surface area contributed by atoms with E-state index in [-0.39, 0.29) is 0 Å². The monoisotopic (exact) mass is 390 g/mol. The van der Waals surface area contributed by atoms with E-state index >= 15 is 0 Å². The minimum absolute atomic E-state index is 0.994. The molecule has 4 aromatic rings. The SMILES string of the molecule is Cc1cc(-c2c(C)cc(-c3ccccc3C)c3c2Cc2ccccc2-3)[n+](C)cc1C. The van der Waals surface area contributed by atoms with Gasteiger partial charge in [0.15, 0.2) is 6.20 Å². The first-order chi connectivity index (χ1) is 14.5. The maximum atomic E-state index is 2.41. The zero-order valence-corrected chi connectivity index (χ0v) is 18.5. The number of aryl methyl sites for hydroxylation is 5. The molecule has 0 saturated carbocycles. The van der Waals surface area contributed by atoms with Crippen LogP contribution in [0.1, 0.15) is 33.4 Å². The topological polar surface area (TPSA) is 3.88 Å². The van der Waals surface area contributed by atoms with Gasteiger partial charge in [0.25, 0.3) is 0 Å². The van der Waals surface area contributed by atoms with Crippen molar-refractivity contribution in [3.05, 3.63) is 100 Å². The Morgan fingerprint density at radius 2 is 1.33 bits per heavy atom. The summed E-state index contributed by atoms with van der Waals surface area (Å²) in [5.41, 5.74) is 16.4. The molecule has 1 aliphatic rings. The smallest absolute Gasteiger partial charge is 0.201 e. The largest absolute Gasteiger partial charge is 0.213 e.